The van der Waals surface area contributed by atoms with E-state index in [0.29, 0.717) is 5.69 Å². The topological polar surface area (TPSA) is 42.3 Å². The number of pyridine rings is 1. The molecule has 0 spiro atoms. The Morgan fingerprint density at radius 1 is 1.31 bits per heavy atom. The number of hydrogen-bond acceptors (Lipinski definition) is 3. The Balaban J connectivity index is 2.51. The van der Waals surface area contributed by atoms with Crippen LogP contribution in [0.2, 0.25) is 0 Å². The van der Waals surface area contributed by atoms with Crippen molar-refractivity contribution in [1.29, 1.82) is 0 Å². The maximum atomic E-state index is 10.1. The summed E-state index contributed by atoms with van der Waals surface area (Å²) in [6.07, 6.45) is 9.54. The molecule has 0 amide bonds. The van der Waals surface area contributed by atoms with E-state index in [1.54, 1.807) is 12.3 Å². The molecule has 0 saturated heterocycles. The van der Waals surface area contributed by atoms with Gasteiger partial charge in [0.2, 0.25) is 6.08 Å². The van der Waals surface area contributed by atoms with Gasteiger partial charge in [0.1, 0.15) is 0 Å². The lowest BCUT2D eigenvalue weighted by Gasteiger charge is -2.15. The summed E-state index contributed by atoms with van der Waals surface area (Å²) in [5.41, 5.74) is 3.12. The van der Waals surface area contributed by atoms with Gasteiger partial charge in [-0.05, 0) is 36.8 Å². The van der Waals surface area contributed by atoms with Gasteiger partial charge in [0.15, 0.2) is 0 Å². The van der Waals surface area contributed by atoms with Crippen molar-refractivity contribution in [2.24, 2.45) is 4.99 Å². The average molecular weight is 174 g/mol. The zero-order chi connectivity index (χ0) is 9.10. The fourth-order valence-electron chi connectivity index (χ4n) is 1.78. The monoisotopic (exact) mass is 174 g/mol. The van der Waals surface area contributed by atoms with E-state index < -0.39 is 0 Å². The van der Waals surface area contributed by atoms with Crippen LogP contribution in [0.3, 0.4) is 0 Å². The standard InChI is InChI=1S/C10H10N2O/c13-7-12-10-6-11-5-8-3-1-2-4-9(8)10/h5-6H,1-4H2. The third-order valence-electron chi connectivity index (χ3n) is 2.41. The molecule has 0 N–H and O–H groups in total. The molecular formula is C10H10N2O. The van der Waals surface area contributed by atoms with Crippen molar-refractivity contribution in [3.05, 3.63) is 23.5 Å². The zero-order valence-corrected chi connectivity index (χ0v) is 7.29. The molecule has 66 valence electrons. The van der Waals surface area contributed by atoms with Crippen LogP contribution in [0.25, 0.3) is 0 Å². The minimum absolute atomic E-state index is 0.701. The molecule has 1 aliphatic carbocycles. The zero-order valence-electron chi connectivity index (χ0n) is 7.29. The summed E-state index contributed by atoms with van der Waals surface area (Å²) in [5.74, 6) is 0. The lowest BCUT2D eigenvalue weighted by molar-refractivity contribution is 0.565. The Bertz CT molecular complexity index is 367. The molecule has 0 radical (unpaired) electrons. The number of aromatic nitrogens is 1. The molecule has 1 aliphatic rings. The van der Waals surface area contributed by atoms with Crippen molar-refractivity contribution in [2.45, 2.75) is 25.7 Å². The van der Waals surface area contributed by atoms with Crippen LogP contribution in [0, 0.1) is 0 Å². The highest BCUT2D eigenvalue weighted by Gasteiger charge is 2.12. The van der Waals surface area contributed by atoms with Gasteiger partial charge in [-0.3, -0.25) is 4.98 Å². The average Bonchev–Trinajstić information content (AvgIpc) is 2.19. The molecule has 0 bridgehead atoms. The Labute approximate surface area is 76.5 Å². The van der Waals surface area contributed by atoms with E-state index in [9.17, 15) is 4.79 Å². The molecule has 0 atom stereocenters. The van der Waals surface area contributed by atoms with Gasteiger partial charge < -0.3 is 0 Å². The first-order valence-corrected chi connectivity index (χ1v) is 4.45. The quantitative estimate of drug-likeness (QED) is 0.482. The number of rotatable bonds is 1. The van der Waals surface area contributed by atoms with E-state index in [1.165, 1.54) is 24.0 Å². The van der Waals surface area contributed by atoms with Crippen LogP contribution < -0.4 is 0 Å². The molecule has 0 unspecified atom stereocenters. The molecule has 1 aromatic rings. The Morgan fingerprint density at radius 2 is 2.15 bits per heavy atom. The molecule has 1 aromatic heterocycles. The number of carbonyl (C=O) groups excluding carboxylic acids is 1. The summed E-state index contributed by atoms with van der Waals surface area (Å²) in [7, 11) is 0. The van der Waals surface area contributed by atoms with E-state index in [4.69, 9.17) is 0 Å². The van der Waals surface area contributed by atoms with Crippen molar-refractivity contribution in [2.75, 3.05) is 0 Å². The molecule has 0 aromatic carbocycles. The van der Waals surface area contributed by atoms with E-state index in [-0.39, 0.29) is 0 Å². The molecule has 0 fully saturated rings. The molecule has 2 rings (SSSR count). The Kier molecular flexibility index (Phi) is 2.19. The third kappa shape index (κ3) is 1.51. The predicted molar refractivity (Wildman–Crippen MR) is 48.7 cm³/mol. The lowest BCUT2D eigenvalue weighted by atomic mass is 9.92. The van der Waals surface area contributed by atoms with Gasteiger partial charge in [0.25, 0.3) is 0 Å². The normalized spacial score (nSPS) is 14.5. The largest absolute Gasteiger partial charge is 0.262 e. The van der Waals surface area contributed by atoms with Crippen molar-refractivity contribution in [3.63, 3.8) is 0 Å². The second-order valence-corrected chi connectivity index (χ2v) is 3.21. The second kappa shape index (κ2) is 3.50. The molecular weight excluding hydrogens is 164 g/mol. The van der Waals surface area contributed by atoms with Gasteiger partial charge in [0, 0.05) is 6.20 Å². The molecule has 3 heteroatoms. The molecule has 3 nitrogen and oxygen atoms in total. The molecule has 1 heterocycles. The van der Waals surface area contributed by atoms with Gasteiger partial charge in [-0.2, -0.15) is 4.99 Å². The van der Waals surface area contributed by atoms with Crippen molar-refractivity contribution in [3.8, 4) is 0 Å². The van der Waals surface area contributed by atoms with Crippen molar-refractivity contribution < 1.29 is 4.79 Å². The maximum absolute atomic E-state index is 10.1. The van der Waals surface area contributed by atoms with Crippen LogP contribution in [-0.2, 0) is 17.6 Å². The summed E-state index contributed by atoms with van der Waals surface area (Å²) in [5, 5.41) is 0. The molecule has 13 heavy (non-hydrogen) atoms. The van der Waals surface area contributed by atoms with Crippen molar-refractivity contribution >= 4 is 11.8 Å². The predicted octanol–water partition coefficient (Wildman–Crippen LogP) is 1.93. The summed E-state index contributed by atoms with van der Waals surface area (Å²) in [6.45, 7) is 0. The number of nitrogens with zero attached hydrogens (tertiary/aromatic N) is 2. The Morgan fingerprint density at radius 3 is 3.00 bits per heavy atom. The fraction of sp³-hybridized carbons (Fsp3) is 0.400. The van der Waals surface area contributed by atoms with Crippen LogP contribution in [0.15, 0.2) is 17.4 Å². The second-order valence-electron chi connectivity index (χ2n) is 3.21. The smallest absolute Gasteiger partial charge is 0.240 e. The molecule has 0 saturated carbocycles. The summed E-state index contributed by atoms with van der Waals surface area (Å²) < 4.78 is 0. The van der Waals surface area contributed by atoms with E-state index in [1.807, 2.05) is 6.20 Å². The third-order valence-corrected chi connectivity index (χ3v) is 2.41. The van der Waals surface area contributed by atoms with Crippen LogP contribution in [0.1, 0.15) is 24.0 Å². The van der Waals surface area contributed by atoms with E-state index in [0.717, 1.165) is 12.8 Å². The van der Waals surface area contributed by atoms with Gasteiger partial charge in [0.05, 0.1) is 11.9 Å². The van der Waals surface area contributed by atoms with Crippen LogP contribution in [0.4, 0.5) is 5.69 Å². The van der Waals surface area contributed by atoms with Crippen molar-refractivity contribution in [1.82, 2.24) is 4.98 Å². The molecule has 0 aliphatic heterocycles. The lowest BCUT2D eigenvalue weighted by Crippen LogP contribution is -2.03. The number of fused-ring (bicyclic) bond motifs is 1. The van der Waals surface area contributed by atoms with Crippen LogP contribution in [0.5, 0.6) is 0 Å². The van der Waals surface area contributed by atoms with Gasteiger partial charge >= 0.3 is 0 Å². The number of isocyanates is 1. The van der Waals surface area contributed by atoms with Crippen LogP contribution in [-0.4, -0.2) is 11.1 Å². The highest BCUT2D eigenvalue weighted by Crippen LogP contribution is 2.28. The Hall–Kier alpha value is -1.47. The SMILES string of the molecule is O=C=Nc1cncc2c1CCCC2. The first-order chi connectivity index (χ1) is 6.42. The highest BCUT2D eigenvalue weighted by molar-refractivity contribution is 5.55. The summed E-state index contributed by atoms with van der Waals surface area (Å²) in [4.78, 5) is 17.8. The number of hydrogen-bond donors (Lipinski definition) is 0. The first kappa shape index (κ1) is 8.14. The highest BCUT2D eigenvalue weighted by atomic mass is 16.1. The maximum Gasteiger partial charge on any atom is 0.240 e. The summed E-state index contributed by atoms with van der Waals surface area (Å²) in [6, 6.07) is 0. The van der Waals surface area contributed by atoms with Crippen LogP contribution >= 0.6 is 0 Å². The fourth-order valence-corrected chi connectivity index (χ4v) is 1.78. The minimum atomic E-state index is 0.701. The number of aryl methyl sites for hydroxylation is 1. The first-order valence-electron chi connectivity index (χ1n) is 4.45. The van der Waals surface area contributed by atoms with E-state index >= 15 is 0 Å². The van der Waals surface area contributed by atoms with Gasteiger partial charge in [-0.1, -0.05) is 0 Å². The minimum Gasteiger partial charge on any atom is -0.262 e. The van der Waals surface area contributed by atoms with Gasteiger partial charge in [-0.25, -0.2) is 4.79 Å². The van der Waals surface area contributed by atoms with E-state index in [2.05, 4.69) is 9.98 Å². The van der Waals surface area contributed by atoms with Gasteiger partial charge in [-0.15, -0.1) is 0 Å². The number of aliphatic imine (C=N–C) groups is 1. The summed E-state index contributed by atoms with van der Waals surface area (Å²) >= 11 is 0.